The molecule has 0 atom stereocenters. The summed E-state index contributed by atoms with van der Waals surface area (Å²) in [5, 5.41) is 4.14. The fourth-order valence-electron chi connectivity index (χ4n) is 3.01. The van der Waals surface area contributed by atoms with Gasteiger partial charge in [-0.25, -0.2) is 0 Å². The molecule has 0 aliphatic carbocycles. The van der Waals surface area contributed by atoms with Crippen molar-refractivity contribution in [2.45, 2.75) is 0 Å². The molecule has 0 unspecified atom stereocenters. The number of hydrogen-bond donors (Lipinski definition) is 0. The molecule has 0 amide bonds. The highest BCUT2D eigenvalue weighted by Gasteiger charge is 2.43. The minimum absolute atomic E-state index is 0.925. The lowest BCUT2D eigenvalue weighted by Gasteiger charge is -2.26. The molecule has 0 fully saturated rings. The Morgan fingerprint density at radius 3 is 1.26 bits per heavy atom. The molecule has 114 valence electrons. The molecular formula is C21H19ClP+. The molecule has 0 aliphatic heterocycles. The SMILES string of the molecule is Cl/C=C/C[P+](c1ccccc1)(c1ccccc1)c1ccccc1. The standard InChI is InChI=1S/C21H19ClP/c22-17-10-18-23(19-11-4-1-5-12-19,20-13-6-2-7-14-20)21-15-8-3-9-16-21/h1-17H,18H2/q+1/b17-10+. The zero-order chi connectivity index (χ0) is 16.0. The van der Waals surface area contributed by atoms with Crippen LogP contribution >= 0.6 is 18.9 Å². The third-order valence-corrected chi connectivity index (χ3v) is 8.54. The summed E-state index contributed by atoms with van der Waals surface area (Å²) in [7, 11) is -1.74. The lowest BCUT2D eigenvalue weighted by Crippen LogP contribution is -2.32. The second-order valence-corrected chi connectivity index (χ2v) is 9.15. The summed E-state index contributed by atoms with van der Waals surface area (Å²) in [6, 6.07) is 32.5. The molecule has 0 nitrogen and oxygen atoms in total. The van der Waals surface area contributed by atoms with Crippen LogP contribution in [0.2, 0.25) is 0 Å². The van der Waals surface area contributed by atoms with E-state index in [4.69, 9.17) is 11.6 Å². The van der Waals surface area contributed by atoms with Crippen LogP contribution in [0.15, 0.2) is 103 Å². The fraction of sp³-hybridized carbons (Fsp3) is 0.0476. The third kappa shape index (κ3) is 3.24. The Bertz CT molecular complexity index is 655. The van der Waals surface area contributed by atoms with Crippen LogP contribution in [-0.2, 0) is 0 Å². The second kappa shape index (κ2) is 7.59. The van der Waals surface area contributed by atoms with Crippen LogP contribution < -0.4 is 15.9 Å². The Morgan fingerprint density at radius 1 is 0.609 bits per heavy atom. The number of halogens is 1. The molecule has 0 spiro atoms. The Labute approximate surface area is 143 Å². The largest absolute Gasteiger partial charge is 0.116 e. The third-order valence-electron chi connectivity index (χ3n) is 4.06. The summed E-state index contributed by atoms with van der Waals surface area (Å²) in [5.41, 5.74) is 1.64. The number of hydrogen-bond acceptors (Lipinski definition) is 0. The van der Waals surface area contributed by atoms with Gasteiger partial charge in [0.05, 0.1) is 6.16 Å². The number of rotatable bonds is 5. The maximum absolute atomic E-state index is 5.91. The predicted octanol–water partition coefficient (Wildman–Crippen LogP) is 4.73. The number of allylic oxidation sites excluding steroid dienone is 1. The Morgan fingerprint density at radius 2 is 0.957 bits per heavy atom. The molecule has 0 heterocycles. The van der Waals surface area contributed by atoms with Gasteiger partial charge in [0, 0.05) is 5.54 Å². The van der Waals surface area contributed by atoms with Crippen molar-refractivity contribution in [1.29, 1.82) is 0 Å². The van der Waals surface area contributed by atoms with E-state index in [0.717, 1.165) is 6.16 Å². The number of benzene rings is 3. The first kappa shape index (κ1) is 16.0. The molecule has 0 radical (unpaired) electrons. The van der Waals surface area contributed by atoms with Crippen molar-refractivity contribution in [3.05, 3.63) is 103 Å². The fourth-order valence-corrected chi connectivity index (χ4v) is 7.21. The molecule has 2 heteroatoms. The van der Waals surface area contributed by atoms with Gasteiger partial charge in [-0.05, 0) is 42.5 Å². The molecular weight excluding hydrogens is 319 g/mol. The van der Waals surface area contributed by atoms with Crippen LogP contribution in [-0.4, -0.2) is 6.16 Å². The summed E-state index contributed by atoms with van der Waals surface area (Å²) in [4.78, 5) is 0. The van der Waals surface area contributed by atoms with Crippen molar-refractivity contribution in [3.8, 4) is 0 Å². The van der Waals surface area contributed by atoms with Gasteiger partial charge in [-0.3, -0.25) is 0 Å². The van der Waals surface area contributed by atoms with Gasteiger partial charge < -0.3 is 0 Å². The molecule has 0 bridgehead atoms. The molecule has 3 rings (SSSR count). The molecule has 0 aliphatic rings. The van der Waals surface area contributed by atoms with Crippen molar-refractivity contribution >= 4 is 34.8 Å². The van der Waals surface area contributed by atoms with Crippen LogP contribution in [0.25, 0.3) is 0 Å². The van der Waals surface area contributed by atoms with Crippen molar-refractivity contribution < 1.29 is 0 Å². The van der Waals surface area contributed by atoms with Crippen molar-refractivity contribution in [1.82, 2.24) is 0 Å². The van der Waals surface area contributed by atoms with Gasteiger partial charge in [0.1, 0.15) is 23.2 Å². The monoisotopic (exact) mass is 337 g/mol. The second-order valence-electron chi connectivity index (χ2n) is 5.36. The summed E-state index contributed by atoms with van der Waals surface area (Å²) in [6.07, 6.45) is 3.01. The predicted molar refractivity (Wildman–Crippen MR) is 105 cm³/mol. The molecule has 0 saturated carbocycles. The quantitative estimate of drug-likeness (QED) is 0.590. The average molecular weight is 338 g/mol. The summed E-state index contributed by atoms with van der Waals surface area (Å²) in [6.45, 7) is 0. The molecule has 0 saturated heterocycles. The maximum atomic E-state index is 5.91. The first-order valence-electron chi connectivity index (χ1n) is 7.68. The summed E-state index contributed by atoms with van der Waals surface area (Å²) in [5.74, 6) is 0. The van der Waals surface area contributed by atoms with Crippen LogP contribution in [0.5, 0.6) is 0 Å². The highest BCUT2D eigenvalue weighted by Crippen LogP contribution is 2.55. The van der Waals surface area contributed by atoms with E-state index in [1.54, 1.807) is 5.54 Å². The van der Waals surface area contributed by atoms with Crippen LogP contribution in [0.4, 0.5) is 0 Å². The maximum Gasteiger partial charge on any atom is 0.116 e. The Balaban J connectivity index is 2.30. The smallest absolute Gasteiger partial charge is 0.0932 e. The van der Waals surface area contributed by atoms with E-state index in [1.807, 2.05) is 0 Å². The average Bonchev–Trinajstić information content (AvgIpc) is 2.65. The van der Waals surface area contributed by atoms with Crippen molar-refractivity contribution in [2.24, 2.45) is 0 Å². The van der Waals surface area contributed by atoms with Gasteiger partial charge in [0.15, 0.2) is 0 Å². The highest BCUT2D eigenvalue weighted by atomic mass is 35.5. The van der Waals surface area contributed by atoms with E-state index >= 15 is 0 Å². The first-order chi connectivity index (χ1) is 11.4. The van der Waals surface area contributed by atoms with E-state index in [2.05, 4.69) is 97.1 Å². The van der Waals surface area contributed by atoms with Crippen molar-refractivity contribution in [2.75, 3.05) is 6.16 Å². The highest BCUT2D eigenvalue weighted by molar-refractivity contribution is 7.95. The minimum Gasteiger partial charge on any atom is -0.0932 e. The lowest BCUT2D eigenvalue weighted by molar-refractivity contribution is 1.66. The van der Waals surface area contributed by atoms with Crippen molar-refractivity contribution in [3.63, 3.8) is 0 Å². The summed E-state index contributed by atoms with van der Waals surface area (Å²) < 4.78 is 0. The molecule has 3 aromatic rings. The molecule has 0 aromatic heterocycles. The zero-order valence-corrected chi connectivity index (χ0v) is 14.5. The zero-order valence-electron chi connectivity index (χ0n) is 12.8. The molecule has 3 aromatic carbocycles. The van der Waals surface area contributed by atoms with Crippen LogP contribution in [0.3, 0.4) is 0 Å². The van der Waals surface area contributed by atoms with E-state index in [9.17, 15) is 0 Å². The molecule has 0 N–H and O–H groups in total. The van der Waals surface area contributed by atoms with Gasteiger partial charge in [-0.15, -0.1) is 0 Å². The van der Waals surface area contributed by atoms with E-state index in [0.29, 0.717) is 0 Å². The van der Waals surface area contributed by atoms with Crippen LogP contribution in [0, 0.1) is 0 Å². The van der Waals surface area contributed by atoms with E-state index in [-0.39, 0.29) is 0 Å². The topological polar surface area (TPSA) is 0 Å². The normalized spacial score (nSPS) is 11.7. The minimum atomic E-state index is -1.74. The van der Waals surface area contributed by atoms with Gasteiger partial charge in [0.25, 0.3) is 0 Å². The molecule has 23 heavy (non-hydrogen) atoms. The van der Waals surface area contributed by atoms with Gasteiger partial charge in [-0.2, -0.15) is 0 Å². The van der Waals surface area contributed by atoms with Gasteiger partial charge >= 0.3 is 0 Å². The van der Waals surface area contributed by atoms with E-state index in [1.165, 1.54) is 15.9 Å². The van der Waals surface area contributed by atoms with E-state index < -0.39 is 7.26 Å². The van der Waals surface area contributed by atoms with Gasteiger partial charge in [-0.1, -0.05) is 66.2 Å². The summed E-state index contributed by atoms with van der Waals surface area (Å²) >= 11 is 5.91. The lowest BCUT2D eigenvalue weighted by atomic mass is 10.4. The van der Waals surface area contributed by atoms with Crippen LogP contribution in [0.1, 0.15) is 0 Å². The Kier molecular flexibility index (Phi) is 5.28. The Hall–Kier alpha value is -1.88. The van der Waals surface area contributed by atoms with Gasteiger partial charge in [0.2, 0.25) is 0 Å². The first-order valence-corrected chi connectivity index (χ1v) is 10.1.